The molecule has 1 rings (SSSR count). The van der Waals surface area contributed by atoms with Crippen LogP contribution in [0.4, 0.5) is 0 Å². The van der Waals surface area contributed by atoms with Crippen LogP contribution in [0.3, 0.4) is 0 Å². The smallest absolute Gasteiger partial charge is 0.0446 e. The minimum Gasteiger partial charge on any atom is -0.396 e. The van der Waals surface area contributed by atoms with Crippen LogP contribution in [0.25, 0.3) is 0 Å². The Morgan fingerprint density at radius 1 is 1.54 bits per heavy atom. The van der Waals surface area contributed by atoms with Crippen molar-refractivity contribution in [1.82, 2.24) is 10.2 Å². The van der Waals surface area contributed by atoms with Crippen molar-refractivity contribution in [3.63, 3.8) is 0 Å². The van der Waals surface area contributed by atoms with Crippen molar-refractivity contribution in [1.29, 1.82) is 0 Å². The molecule has 0 aromatic heterocycles. The fourth-order valence-electron chi connectivity index (χ4n) is 1.92. The Labute approximate surface area is 81.1 Å². The molecule has 3 nitrogen and oxygen atoms in total. The number of rotatable bonds is 2. The van der Waals surface area contributed by atoms with Crippen LogP contribution in [0.2, 0.25) is 0 Å². The number of nitrogens with zero attached hydrogens (tertiary/aromatic N) is 1. The average Bonchev–Trinajstić information content (AvgIpc) is 2.18. The largest absolute Gasteiger partial charge is 0.396 e. The maximum atomic E-state index is 8.94. The van der Waals surface area contributed by atoms with E-state index in [0.717, 1.165) is 19.5 Å². The fourth-order valence-corrected chi connectivity index (χ4v) is 1.92. The number of likely N-dealkylation sites (N-methyl/N-ethyl adjacent to an activating group) is 1. The molecule has 0 bridgehead atoms. The van der Waals surface area contributed by atoms with Crippen LogP contribution in [-0.4, -0.2) is 48.3 Å². The SMILES string of the molecule is CN1C(CCO)CNCCC1(C)C. The quantitative estimate of drug-likeness (QED) is 0.657. The first kappa shape index (κ1) is 11.0. The Bertz CT molecular complexity index is 159. The molecular formula is C10H22N2O. The van der Waals surface area contributed by atoms with Crippen molar-refractivity contribution in [2.75, 3.05) is 26.7 Å². The highest BCUT2D eigenvalue weighted by molar-refractivity contribution is 4.88. The van der Waals surface area contributed by atoms with Gasteiger partial charge in [-0.25, -0.2) is 0 Å². The van der Waals surface area contributed by atoms with Gasteiger partial charge < -0.3 is 10.4 Å². The van der Waals surface area contributed by atoms with E-state index >= 15 is 0 Å². The van der Waals surface area contributed by atoms with E-state index in [0.29, 0.717) is 6.04 Å². The lowest BCUT2D eigenvalue weighted by molar-refractivity contribution is 0.0937. The second-order valence-electron chi connectivity index (χ2n) is 4.54. The highest BCUT2D eigenvalue weighted by Gasteiger charge is 2.30. The standard InChI is InChI=1S/C10H22N2O/c1-10(2)5-6-11-8-9(4-7-13)12(10)3/h9,11,13H,4-8H2,1-3H3. The highest BCUT2D eigenvalue weighted by Crippen LogP contribution is 2.22. The molecule has 1 fully saturated rings. The number of hydrogen-bond acceptors (Lipinski definition) is 3. The first-order chi connectivity index (χ1) is 6.08. The second kappa shape index (κ2) is 4.40. The third-order valence-corrected chi connectivity index (χ3v) is 3.26. The Hall–Kier alpha value is -0.120. The van der Waals surface area contributed by atoms with Gasteiger partial charge in [-0.3, -0.25) is 4.90 Å². The average molecular weight is 186 g/mol. The van der Waals surface area contributed by atoms with E-state index in [1.54, 1.807) is 0 Å². The highest BCUT2D eigenvalue weighted by atomic mass is 16.3. The van der Waals surface area contributed by atoms with E-state index in [1.807, 2.05) is 0 Å². The maximum absolute atomic E-state index is 8.94. The summed E-state index contributed by atoms with van der Waals surface area (Å²) in [6.07, 6.45) is 2.04. The molecule has 1 unspecified atom stereocenters. The molecular weight excluding hydrogens is 164 g/mol. The van der Waals surface area contributed by atoms with E-state index in [4.69, 9.17) is 5.11 Å². The first-order valence-corrected chi connectivity index (χ1v) is 5.12. The molecule has 1 aliphatic rings. The summed E-state index contributed by atoms with van der Waals surface area (Å²) in [6, 6.07) is 0.475. The van der Waals surface area contributed by atoms with Gasteiger partial charge in [-0.15, -0.1) is 0 Å². The summed E-state index contributed by atoms with van der Waals surface area (Å²) in [5.74, 6) is 0. The maximum Gasteiger partial charge on any atom is 0.0446 e. The minimum atomic E-state index is 0.253. The molecule has 13 heavy (non-hydrogen) atoms. The molecule has 0 saturated carbocycles. The molecule has 1 aliphatic heterocycles. The number of aliphatic hydroxyl groups is 1. The summed E-state index contributed by atoms with van der Waals surface area (Å²) >= 11 is 0. The van der Waals surface area contributed by atoms with E-state index in [1.165, 1.54) is 6.42 Å². The monoisotopic (exact) mass is 186 g/mol. The molecule has 2 N–H and O–H groups in total. The normalized spacial score (nSPS) is 30.0. The summed E-state index contributed by atoms with van der Waals surface area (Å²) < 4.78 is 0. The minimum absolute atomic E-state index is 0.253. The second-order valence-corrected chi connectivity index (χ2v) is 4.54. The van der Waals surface area contributed by atoms with Gasteiger partial charge in [0.2, 0.25) is 0 Å². The molecule has 0 aliphatic carbocycles. The third kappa shape index (κ3) is 2.66. The van der Waals surface area contributed by atoms with Gasteiger partial charge in [-0.05, 0) is 40.3 Å². The van der Waals surface area contributed by atoms with Gasteiger partial charge in [0, 0.05) is 24.7 Å². The van der Waals surface area contributed by atoms with Gasteiger partial charge in [0.05, 0.1) is 0 Å². The van der Waals surface area contributed by atoms with Crippen molar-refractivity contribution in [3.8, 4) is 0 Å². The molecule has 1 atom stereocenters. The van der Waals surface area contributed by atoms with Crippen LogP contribution in [0.1, 0.15) is 26.7 Å². The van der Waals surface area contributed by atoms with E-state index in [-0.39, 0.29) is 12.1 Å². The zero-order valence-electron chi connectivity index (χ0n) is 9.01. The predicted octanol–water partition coefficient (Wildman–Crippen LogP) is 0.441. The lowest BCUT2D eigenvalue weighted by Gasteiger charge is -2.38. The molecule has 3 heteroatoms. The summed E-state index contributed by atoms with van der Waals surface area (Å²) in [6.45, 7) is 6.90. The lowest BCUT2D eigenvalue weighted by Crippen LogP contribution is -2.48. The van der Waals surface area contributed by atoms with Crippen molar-refractivity contribution < 1.29 is 5.11 Å². The van der Waals surface area contributed by atoms with Gasteiger partial charge in [0.15, 0.2) is 0 Å². The summed E-state index contributed by atoms with van der Waals surface area (Å²) in [7, 11) is 2.16. The first-order valence-electron chi connectivity index (χ1n) is 5.12. The van der Waals surface area contributed by atoms with E-state index < -0.39 is 0 Å². The van der Waals surface area contributed by atoms with Gasteiger partial charge in [-0.1, -0.05) is 0 Å². The molecule has 0 radical (unpaired) electrons. The van der Waals surface area contributed by atoms with Crippen molar-refractivity contribution in [2.45, 2.75) is 38.3 Å². The van der Waals surface area contributed by atoms with Crippen LogP contribution in [0, 0.1) is 0 Å². The van der Waals surface area contributed by atoms with Crippen LogP contribution in [0.15, 0.2) is 0 Å². The topological polar surface area (TPSA) is 35.5 Å². The molecule has 0 amide bonds. The molecule has 1 saturated heterocycles. The summed E-state index contributed by atoms with van der Waals surface area (Å²) in [5, 5.41) is 12.4. The number of nitrogens with one attached hydrogen (secondary N) is 1. The van der Waals surface area contributed by atoms with Crippen molar-refractivity contribution in [3.05, 3.63) is 0 Å². The van der Waals surface area contributed by atoms with Crippen LogP contribution < -0.4 is 5.32 Å². The van der Waals surface area contributed by atoms with Crippen molar-refractivity contribution >= 4 is 0 Å². The summed E-state index contributed by atoms with van der Waals surface area (Å²) in [4.78, 5) is 2.39. The Morgan fingerprint density at radius 3 is 2.85 bits per heavy atom. The van der Waals surface area contributed by atoms with Gasteiger partial charge in [0.25, 0.3) is 0 Å². The Kier molecular flexibility index (Phi) is 3.71. The summed E-state index contributed by atoms with van der Waals surface area (Å²) in [5.41, 5.74) is 0.253. The van der Waals surface area contributed by atoms with Gasteiger partial charge >= 0.3 is 0 Å². The van der Waals surface area contributed by atoms with Crippen LogP contribution in [-0.2, 0) is 0 Å². The van der Waals surface area contributed by atoms with E-state index in [9.17, 15) is 0 Å². The third-order valence-electron chi connectivity index (χ3n) is 3.26. The molecule has 1 heterocycles. The number of hydrogen-bond donors (Lipinski definition) is 2. The van der Waals surface area contributed by atoms with Crippen molar-refractivity contribution in [2.24, 2.45) is 0 Å². The fraction of sp³-hybridized carbons (Fsp3) is 1.00. The zero-order chi connectivity index (χ0) is 9.90. The molecule has 78 valence electrons. The Balaban J connectivity index is 2.62. The number of aliphatic hydroxyl groups excluding tert-OH is 1. The zero-order valence-corrected chi connectivity index (χ0v) is 9.01. The lowest BCUT2D eigenvalue weighted by atomic mass is 9.97. The molecule has 0 aromatic carbocycles. The van der Waals surface area contributed by atoms with E-state index in [2.05, 4.69) is 31.1 Å². The van der Waals surface area contributed by atoms with Gasteiger partial charge in [-0.2, -0.15) is 0 Å². The molecule has 0 aromatic rings. The van der Waals surface area contributed by atoms with Crippen LogP contribution >= 0.6 is 0 Å². The van der Waals surface area contributed by atoms with Gasteiger partial charge in [0.1, 0.15) is 0 Å². The predicted molar refractivity (Wildman–Crippen MR) is 54.8 cm³/mol. The Morgan fingerprint density at radius 2 is 2.23 bits per heavy atom. The molecule has 0 spiro atoms. The van der Waals surface area contributed by atoms with Crippen LogP contribution in [0.5, 0.6) is 0 Å².